The fraction of sp³-hybridized carbons (Fsp3) is 0.267. The molecule has 7 heteroatoms. The largest absolute Gasteiger partial charge is 0.261 e. The highest BCUT2D eigenvalue weighted by molar-refractivity contribution is 9.10. The van der Waals surface area contributed by atoms with Gasteiger partial charge >= 0.3 is 0 Å². The Hall–Kier alpha value is -1.31. The maximum Gasteiger partial charge on any atom is 0.158 e. The number of nitrogens with one attached hydrogen (secondary N) is 1. The van der Waals surface area contributed by atoms with E-state index >= 15 is 0 Å². The van der Waals surface area contributed by atoms with Crippen LogP contribution in [0.25, 0.3) is 10.2 Å². The van der Waals surface area contributed by atoms with Crippen LogP contribution in [0.3, 0.4) is 0 Å². The molecule has 1 aliphatic carbocycles. The van der Waals surface area contributed by atoms with Crippen molar-refractivity contribution in [3.8, 4) is 0 Å². The second-order valence-electron chi connectivity index (χ2n) is 5.15. The summed E-state index contributed by atoms with van der Waals surface area (Å²) >= 11 is 6.89. The maximum atomic E-state index is 4.43. The van der Waals surface area contributed by atoms with E-state index in [0.717, 1.165) is 31.8 Å². The molecule has 0 aromatic carbocycles. The van der Waals surface area contributed by atoms with Gasteiger partial charge in [0, 0.05) is 19.6 Å². The zero-order valence-corrected chi connectivity index (χ0v) is 14.9. The van der Waals surface area contributed by atoms with Crippen molar-refractivity contribution in [3.05, 3.63) is 37.6 Å². The number of hydrogen-bond donors (Lipinski definition) is 1. The predicted molar refractivity (Wildman–Crippen MR) is 97.3 cm³/mol. The molecular formula is C15H13BrN4S2. The summed E-state index contributed by atoms with van der Waals surface area (Å²) in [6.07, 6.45) is 8.26. The third-order valence-corrected chi connectivity index (χ3v) is 6.53. The highest BCUT2D eigenvalue weighted by atomic mass is 79.9. The Morgan fingerprint density at radius 1 is 1.27 bits per heavy atom. The van der Waals surface area contributed by atoms with E-state index in [0.29, 0.717) is 0 Å². The zero-order valence-electron chi connectivity index (χ0n) is 11.7. The van der Waals surface area contributed by atoms with E-state index in [4.69, 9.17) is 0 Å². The molecule has 0 aliphatic heterocycles. The van der Waals surface area contributed by atoms with Crippen LogP contribution in [0.5, 0.6) is 0 Å². The van der Waals surface area contributed by atoms with Crippen LogP contribution in [0, 0.1) is 0 Å². The Bertz CT molecular complexity index is 852. The molecular weight excluding hydrogens is 380 g/mol. The summed E-state index contributed by atoms with van der Waals surface area (Å²) in [5.74, 6) is 0.816. The van der Waals surface area contributed by atoms with E-state index in [2.05, 4.69) is 36.4 Å². The number of fused-ring (bicyclic) bond motifs is 3. The molecule has 1 aliphatic rings. The summed E-state index contributed by atoms with van der Waals surface area (Å²) in [5.41, 5.74) is 4.52. The van der Waals surface area contributed by atoms with Gasteiger partial charge in [0.1, 0.15) is 11.2 Å². The van der Waals surface area contributed by atoms with Gasteiger partial charge in [-0.25, -0.2) is 9.97 Å². The van der Waals surface area contributed by atoms with Crippen molar-refractivity contribution >= 4 is 60.9 Å². The smallest absolute Gasteiger partial charge is 0.158 e. The highest BCUT2D eigenvalue weighted by Gasteiger charge is 2.19. The Balaban J connectivity index is 1.66. The molecule has 0 bridgehead atoms. The Kier molecular flexibility index (Phi) is 3.94. The second-order valence-corrected chi connectivity index (χ2v) is 8.09. The molecule has 4 nitrogen and oxygen atoms in total. The van der Waals surface area contributed by atoms with Crippen molar-refractivity contribution < 1.29 is 0 Å². The van der Waals surface area contributed by atoms with Gasteiger partial charge in [-0.3, -0.25) is 5.43 Å². The number of nitrogens with zero attached hydrogens (tertiary/aromatic N) is 3. The first-order valence-corrected chi connectivity index (χ1v) is 9.58. The van der Waals surface area contributed by atoms with E-state index in [9.17, 15) is 0 Å². The van der Waals surface area contributed by atoms with Crippen molar-refractivity contribution in [2.45, 2.75) is 25.7 Å². The molecule has 0 atom stereocenters. The number of halogens is 1. The second kappa shape index (κ2) is 6.06. The lowest BCUT2D eigenvalue weighted by molar-refractivity contribution is 0.700. The molecule has 0 amide bonds. The molecule has 0 unspecified atom stereocenters. The van der Waals surface area contributed by atoms with Gasteiger partial charge in [0.25, 0.3) is 0 Å². The van der Waals surface area contributed by atoms with Crippen LogP contribution in [-0.2, 0) is 12.8 Å². The lowest BCUT2D eigenvalue weighted by Crippen LogP contribution is -2.00. The number of aryl methyl sites for hydroxylation is 2. The molecule has 22 heavy (non-hydrogen) atoms. The number of anilines is 1. The van der Waals surface area contributed by atoms with Gasteiger partial charge in [-0.2, -0.15) is 5.10 Å². The lowest BCUT2D eigenvalue weighted by atomic mass is 9.97. The van der Waals surface area contributed by atoms with Gasteiger partial charge in [0.15, 0.2) is 5.82 Å². The van der Waals surface area contributed by atoms with Crippen molar-refractivity contribution in [2.24, 2.45) is 5.10 Å². The molecule has 3 aromatic heterocycles. The summed E-state index contributed by atoms with van der Waals surface area (Å²) in [4.78, 5) is 12.4. The monoisotopic (exact) mass is 392 g/mol. The summed E-state index contributed by atoms with van der Waals surface area (Å²) in [5, 5.41) is 7.53. The quantitative estimate of drug-likeness (QED) is 0.512. The van der Waals surface area contributed by atoms with E-state index in [1.807, 2.05) is 17.7 Å². The van der Waals surface area contributed by atoms with E-state index in [-0.39, 0.29) is 0 Å². The average molecular weight is 393 g/mol. The molecule has 3 heterocycles. The third kappa shape index (κ3) is 2.68. The Morgan fingerprint density at radius 2 is 2.18 bits per heavy atom. The third-order valence-electron chi connectivity index (χ3n) is 3.70. The number of hydrogen-bond acceptors (Lipinski definition) is 6. The van der Waals surface area contributed by atoms with Crippen molar-refractivity contribution in [1.82, 2.24) is 9.97 Å². The highest BCUT2D eigenvalue weighted by Crippen LogP contribution is 2.38. The van der Waals surface area contributed by atoms with Crippen LogP contribution in [0.4, 0.5) is 5.82 Å². The SMILES string of the molecule is Brc1csc(/C=N/Nc2ncnc3sc4c(c23)CCCC4)c1. The van der Waals surface area contributed by atoms with Gasteiger partial charge in [-0.15, -0.1) is 22.7 Å². The summed E-state index contributed by atoms with van der Waals surface area (Å²) in [6.45, 7) is 0. The standard InChI is InChI=1S/C15H13BrN4S2/c16-9-5-10(21-7-9)6-19-20-14-13-11-3-1-2-4-12(11)22-15(13)18-8-17-14/h5-8H,1-4H2,(H,17,18,20)/b19-6+. The Morgan fingerprint density at radius 3 is 3.05 bits per heavy atom. The molecule has 0 saturated carbocycles. The van der Waals surface area contributed by atoms with Crippen LogP contribution in [0.2, 0.25) is 0 Å². The topological polar surface area (TPSA) is 50.2 Å². The molecule has 3 aromatic rings. The molecule has 0 radical (unpaired) electrons. The number of hydrazone groups is 1. The predicted octanol–water partition coefficient (Wildman–Crippen LogP) is 4.84. The fourth-order valence-corrected chi connectivity index (χ4v) is 5.26. The number of rotatable bonds is 3. The summed E-state index contributed by atoms with van der Waals surface area (Å²) < 4.78 is 1.08. The van der Waals surface area contributed by atoms with Crippen molar-refractivity contribution in [3.63, 3.8) is 0 Å². The molecule has 112 valence electrons. The first kappa shape index (κ1) is 14.3. The number of aromatic nitrogens is 2. The van der Waals surface area contributed by atoms with E-state index in [1.165, 1.54) is 29.7 Å². The first-order chi connectivity index (χ1) is 10.8. The van der Waals surface area contributed by atoms with Crippen molar-refractivity contribution in [2.75, 3.05) is 5.43 Å². The minimum atomic E-state index is 0.816. The van der Waals surface area contributed by atoms with Gasteiger partial charge < -0.3 is 0 Å². The lowest BCUT2D eigenvalue weighted by Gasteiger charge is -2.11. The minimum Gasteiger partial charge on any atom is -0.261 e. The minimum absolute atomic E-state index is 0.816. The molecule has 0 spiro atoms. The van der Waals surface area contributed by atoms with Gasteiger partial charge in [-0.1, -0.05) is 0 Å². The zero-order chi connectivity index (χ0) is 14.9. The molecule has 1 N–H and O–H groups in total. The van der Waals surface area contributed by atoms with Crippen LogP contribution < -0.4 is 5.43 Å². The van der Waals surface area contributed by atoms with E-state index in [1.54, 1.807) is 29.0 Å². The van der Waals surface area contributed by atoms with Crippen molar-refractivity contribution in [1.29, 1.82) is 0 Å². The summed E-state index contributed by atoms with van der Waals surface area (Å²) in [7, 11) is 0. The maximum absolute atomic E-state index is 4.43. The summed E-state index contributed by atoms with van der Waals surface area (Å²) in [6, 6.07) is 2.04. The first-order valence-electron chi connectivity index (χ1n) is 7.09. The van der Waals surface area contributed by atoms with Gasteiger partial charge in [0.2, 0.25) is 0 Å². The molecule has 0 fully saturated rings. The van der Waals surface area contributed by atoms with Crippen LogP contribution in [0.1, 0.15) is 28.2 Å². The fourth-order valence-electron chi connectivity index (χ4n) is 2.73. The van der Waals surface area contributed by atoms with Crippen LogP contribution >= 0.6 is 38.6 Å². The van der Waals surface area contributed by atoms with Gasteiger partial charge in [0.05, 0.1) is 11.6 Å². The van der Waals surface area contributed by atoms with E-state index < -0.39 is 0 Å². The van der Waals surface area contributed by atoms with Gasteiger partial charge in [-0.05, 0) is 53.2 Å². The van der Waals surface area contributed by atoms with Crippen LogP contribution in [-0.4, -0.2) is 16.2 Å². The Labute approximate surface area is 144 Å². The molecule has 0 saturated heterocycles. The molecule has 4 rings (SSSR count). The van der Waals surface area contributed by atoms with Crippen LogP contribution in [0.15, 0.2) is 27.3 Å². The number of thiophene rings is 2. The normalized spacial score (nSPS) is 14.6. The average Bonchev–Trinajstić information content (AvgIpc) is 3.11.